The van der Waals surface area contributed by atoms with Gasteiger partial charge in [-0.05, 0) is 57.4 Å². The second kappa shape index (κ2) is 8.77. The Bertz CT molecular complexity index is 1120. The van der Waals surface area contributed by atoms with E-state index in [2.05, 4.69) is 28.3 Å². The van der Waals surface area contributed by atoms with Crippen molar-refractivity contribution in [2.45, 2.75) is 51.2 Å². The van der Waals surface area contributed by atoms with E-state index in [1.54, 1.807) is 0 Å². The first-order valence-corrected chi connectivity index (χ1v) is 12.1. The second-order valence-electron chi connectivity index (χ2n) is 9.49. The molecule has 32 heavy (non-hydrogen) atoms. The van der Waals surface area contributed by atoms with Crippen LogP contribution in [0.1, 0.15) is 44.7 Å². The van der Waals surface area contributed by atoms with E-state index in [1.807, 2.05) is 36.7 Å². The van der Waals surface area contributed by atoms with Gasteiger partial charge in [-0.15, -0.1) is 0 Å². The fourth-order valence-corrected chi connectivity index (χ4v) is 5.33. The summed E-state index contributed by atoms with van der Waals surface area (Å²) in [5.41, 5.74) is 3.06. The second-order valence-corrected chi connectivity index (χ2v) is 10.4. The highest BCUT2D eigenvalue weighted by Gasteiger charge is 2.33. The first kappa shape index (κ1) is 21.9. The van der Waals surface area contributed by atoms with Crippen LogP contribution in [0.3, 0.4) is 0 Å². The summed E-state index contributed by atoms with van der Waals surface area (Å²) >= 11 is 12.5. The van der Waals surface area contributed by atoms with E-state index in [0.717, 1.165) is 78.4 Å². The van der Waals surface area contributed by atoms with Gasteiger partial charge in [-0.3, -0.25) is 0 Å². The Balaban J connectivity index is 1.12. The van der Waals surface area contributed by atoms with Gasteiger partial charge in [-0.25, -0.2) is 4.98 Å². The maximum atomic E-state index is 6.30. The lowest BCUT2D eigenvalue weighted by molar-refractivity contribution is 0.130. The number of likely N-dealkylation sites (tertiary alicyclic amines) is 1. The van der Waals surface area contributed by atoms with Gasteiger partial charge in [0, 0.05) is 53.8 Å². The van der Waals surface area contributed by atoms with E-state index < -0.39 is 0 Å². The molecule has 0 N–H and O–H groups in total. The van der Waals surface area contributed by atoms with Gasteiger partial charge in [0.15, 0.2) is 11.5 Å². The average Bonchev–Trinajstić information content (AvgIpc) is 3.30. The molecule has 0 amide bonds. The summed E-state index contributed by atoms with van der Waals surface area (Å²) in [5.74, 6) is 1.62. The maximum Gasteiger partial charge on any atom is 0.165 e. The normalized spacial score (nSPS) is 18.6. The van der Waals surface area contributed by atoms with E-state index in [4.69, 9.17) is 32.7 Å². The van der Waals surface area contributed by atoms with Crippen molar-refractivity contribution < 1.29 is 9.47 Å². The van der Waals surface area contributed by atoms with Gasteiger partial charge in [0.1, 0.15) is 5.60 Å². The first-order valence-electron chi connectivity index (χ1n) is 11.4. The molecule has 0 spiro atoms. The number of fused-ring (bicyclic) bond motifs is 2. The molecule has 1 saturated heterocycles. The molecular formula is C25H29Cl2N3O2. The lowest BCUT2D eigenvalue weighted by Crippen LogP contribution is -2.35. The fraction of sp³-hybridized carbons (Fsp3) is 0.480. The number of nitrogens with zero attached hydrogens (tertiary/aromatic N) is 3. The zero-order valence-corrected chi connectivity index (χ0v) is 20.1. The van der Waals surface area contributed by atoms with Crippen LogP contribution in [0.15, 0.2) is 36.7 Å². The summed E-state index contributed by atoms with van der Waals surface area (Å²) in [7, 11) is 0. The zero-order chi connectivity index (χ0) is 22.3. The molecule has 3 aromatic rings. The fourth-order valence-electron chi connectivity index (χ4n) is 4.93. The van der Waals surface area contributed by atoms with Crippen molar-refractivity contribution in [1.82, 2.24) is 14.5 Å². The lowest BCUT2D eigenvalue weighted by atomic mass is 10.0. The van der Waals surface area contributed by atoms with Crippen molar-refractivity contribution >= 4 is 34.2 Å². The number of rotatable bonds is 6. The number of piperidine rings is 1. The van der Waals surface area contributed by atoms with Crippen LogP contribution in [-0.2, 0) is 6.42 Å². The molecule has 1 aromatic heterocycles. The summed E-state index contributed by atoms with van der Waals surface area (Å²) in [4.78, 5) is 7.06. The molecule has 0 radical (unpaired) electrons. The van der Waals surface area contributed by atoms with Crippen LogP contribution in [0.2, 0.25) is 10.0 Å². The van der Waals surface area contributed by atoms with Crippen molar-refractivity contribution in [2.75, 3.05) is 26.2 Å². The zero-order valence-electron chi connectivity index (χ0n) is 18.6. The molecular weight excluding hydrogens is 445 g/mol. The molecule has 7 heteroatoms. The molecule has 0 bridgehead atoms. The van der Waals surface area contributed by atoms with Crippen LogP contribution in [0.5, 0.6) is 11.5 Å². The minimum atomic E-state index is -0.207. The number of ether oxygens (including phenoxy) is 2. The molecule has 2 aromatic carbocycles. The molecule has 5 rings (SSSR count). The Hall–Kier alpha value is -1.95. The van der Waals surface area contributed by atoms with Gasteiger partial charge >= 0.3 is 0 Å². The predicted octanol–water partition coefficient (Wildman–Crippen LogP) is 6.16. The Kier molecular flexibility index (Phi) is 5.99. The largest absolute Gasteiger partial charge is 0.490 e. The Morgan fingerprint density at radius 3 is 2.75 bits per heavy atom. The van der Waals surface area contributed by atoms with Gasteiger partial charge in [0.25, 0.3) is 0 Å². The van der Waals surface area contributed by atoms with E-state index in [-0.39, 0.29) is 5.60 Å². The van der Waals surface area contributed by atoms with Crippen molar-refractivity contribution in [2.24, 2.45) is 0 Å². The number of aromatic nitrogens is 2. The van der Waals surface area contributed by atoms with E-state index in [1.165, 1.54) is 0 Å². The molecule has 0 unspecified atom stereocenters. The van der Waals surface area contributed by atoms with Crippen LogP contribution < -0.4 is 9.47 Å². The van der Waals surface area contributed by atoms with Gasteiger partial charge in [-0.1, -0.05) is 23.2 Å². The van der Waals surface area contributed by atoms with Crippen LogP contribution in [-0.4, -0.2) is 46.3 Å². The molecule has 0 saturated carbocycles. The van der Waals surface area contributed by atoms with Crippen LogP contribution in [0, 0.1) is 0 Å². The Morgan fingerprint density at radius 2 is 1.94 bits per heavy atom. The van der Waals surface area contributed by atoms with Gasteiger partial charge in [0.05, 0.1) is 24.0 Å². The summed E-state index contributed by atoms with van der Waals surface area (Å²) in [6, 6.07) is 10.2. The maximum absolute atomic E-state index is 6.30. The standard InChI is InChI=1S/C25H29Cl2N3O2/c1-25(2)15-17-12-19(27)14-23(24(17)32-25)31-11-3-8-29-9-6-20(7-10-29)30-16-28-21-5-4-18(26)13-22(21)30/h4-5,12-14,16,20H,3,6-11,15H2,1-2H3. The Labute approximate surface area is 199 Å². The number of benzene rings is 2. The molecule has 0 aliphatic carbocycles. The molecule has 3 heterocycles. The first-order chi connectivity index (χ1) is 15.4. The van der Waals surface area contributed by atoms with Gasteiger partial charge < -0.3 is 18.9 Å². The molecule has 5 nitrogen and oxygen atoms in total. The highest BCUT2D eigenvalue weighted by atomic mass is 35.5. The summed E-state index contributed by atoms with van der Waals surface area (Å²) in [5, 5.41) is 1.46. The van der Waals surface area contributed by atoms with Crippen molar-refractivity contribution in [3.8, 4) is 11.5 Å². The van der Waals surface area contributed by atoms with Crippen LogP contribution in [0.25, 0.3) is 11.0 Å². The Morgan fingerprint density at radius 1 is 1.12 bits per heavy atom. The monoisotopic (exact) mass is 473 g/mol. The third kappa shape index (κ3) is 4.57. The topological polar surface area (TPSA) is 39.5 Å². The third-order valence-corrected chi connectivity index (χ3v) is 6.91. The van der Waals surface area contributed by atoms with Crippen LogP contribution >= 0.6 is 23.2 Å². The highest BCUT2D eigenvalue weighted by Crippen LogP contribution is 2.43. The van der Waals surface area contributed by atoms with E-state index in [9.17, 15) is 0 Å². The molecule has 170 valence electrons. The SMILES string of the molecule is CC1(C)Cc2cc(Cl)cc(OCCCN3CCC(n4cnc5ccc(Cl)cc54)CC3)c2O1. The molecule has 2 aliphatic rings. The van der Waals surface area contributed by atoms with Gasteiger partial charge in [-0.2, -0.15) is 0 Å². The summed E-state index contributed by atoms with van der Waals surface area (Å²) in [6.07, 6.45) is 6.01. The van der Waals surface area contributed by atoms with E-state index in [0.29, 0.717) is 17.7 Å². The minimum absolute atomic E-state index is 0.207. The van der Waals surface area contributed by atoms with Crippen molar-refractivity contribution in [3.05, 3.63) is 52.3 Å². The lowest BCUT2D eigenvalue weighted by Gasteiger charge is -2.32. The third-order valence-electron chi connectivity index (χ3n) is 6.45. The molecule has 2 aliphatic heterocycles. The summed E-state index contributed by atoms with van der Waals surface area (Å²) < 4.78 is 14.5. The van der Waals surface area contributed by atoms with Gasteiger partial charge in [0.2, 0.25) is 0 Å². The average molecular weight is 474 g/mol. The molecule has 0 atom stereocenters. The van der Waals surface area contributed by atoms with Crippen LogP contribution in [0.4, 0.5) is 0 Å². The number of halogens is 2. The molecule has 1 fully saturated rings. The minimum Gasteiger partial charge on any atom is -0.490 e. The number of hydrogen-bond acceptors (Lipinski definition) is 4. The van der Waals surface area contributed by atoms with Crippen molar-refractivity contribution in [3.63, 3.8) is 0 Å². The number of imidazole rings is 1. The summed E-state index contributed by atoms with van der Waals surface area (Å²) in [6.45, 7) is 8.02. The van der Waals surface area contributed by atoms with Crippen molar-refractivity contribution in [1.29, 1.82) is 0 Å². The highest BCUT2D eigenvalue weighted by molar-refractivity contribution is 6.31. The quantitative estimate of drug-likeness (QED) is 0.401. The smallest absolute Gasteiger partial charge is 0.165 e. The van der Waals surface area contributed by atoms with E-state index >= 15 is 0 Å². The number of hydrogen-bond donors (Lipinski definition) is 0. The predicted molar refractivity (Wildman–Crippen MR) is 129 cm³/mol.